The first kappa shape index (κ1) is 12.6. The zero-order valence-corrected chi connectivity index (χ0v) is 10.6. The van der Waals surface area contributed by atoms with Crippen LogP contribution in [0.5, 0.6) is 5.75 Å². The van der Waals surface area contributed by atoms with Crippen molar-refractivity contribution in [3.63, 3.8) is 0 Å². The summed E-state index contributed by atoms with van der Waals surface area (Å²) in [7, 11) is 0. The quantitative estimate of drug-likeness (QED) is 0.850. The van der Waals surface area contributed by atoms with E-state index in [1.807, 2.05) is 36.5 Å². The van der Waals surface area contributed by atoms with Crippen LogP contribution in [0.1, 0.15) is 25.2 Å². The van der Waals surface area contributed by atoms with E-state index in [0.29, 0.717) is 6.61 Å². The minimum absolute atomic E-state index is 0.202. The zero-order chi connectivity index (χ0) is 12.8. The molecule has 0 aliphatic rings. The van der Waals surface area contributed by atoms with Crippen molar-refractivity contribution in [2.45, 2.75) is 25.9 Å². The highest BCUT2D eigenvalue weighted by Gasteiger charge is 2.12. The number of nitrogens with two attached hydrogens (primary N) is 1. The van der Waals surface area contributed by atoms with E-state index in [4.69, 9.17) is 10.5 Å². The lowest BCUT2D eigenvalue weighted by molar-refractivity contribution is 0.282. The predicted octanol–water partition coefficient (Wildman–Crippen LogP) is 2.37. The molecule has 0 aliphatic heterocycles. The summed E-state index contributed by atoms with van der Waals surface area (Å²) in [5.41, 5.74) is 6.11. The maximum absolute atomic E-state index is 6.11. The molecule has 0 radical (unpaired) electrons. The van der Waals surface area contributed by atoms with Crippen LogP contribution in [0.4, 0.5) is 0 Å². The summed E-state index contributed by atoms with van der Waals surface area (Å²) in [6, 6.07) is 9.49. The molecule has 1 unspecified atom stereocenters. The molecule has 0 saturated heterocycles. The van der Waals surface area contributed by atoms with E-state index in [-0.39, 0.29) is 6.04 Å². The van der Waals surface area contributed by atoms with Crippen LogP contribution >= 0.6 is 0 Å². The van der Waals surface area contributed by atoms with E-state index >= 15 is 0 Å². The van der Waals surface area contributed by atoms with Gasteiger partial charge in [0, 0.05) is 18.9 Å². The van der Waals surface area contributed by atoms with Crippen LogP contribution in [0.2, 0.25) is 0 Å². The predicted molar refractivity (Wildman–Crippen MR) is 71.4 cm³/mol. The number of rotatable bonds is 6. The van der Waals surface area contributed by atoms with Gasteiger partial charge in [-0.1, -0.05) is 25.1 Å². The van der Waals surface area contributed by atoms with Crippen LogP contribution < -0.4 is 10.5 Å². The number of hydrogen-bond acceptors (Lipinski definition) is 3. The van der Waals surface area contributed by atoms with Gasteiger partial charge >= 0.3 is 0 Å². The summed E-state index contributed by atoms with van der Waals surface area (Å²) in [4.78, 5) is 4.30. The van der Waals surface area contributed by atoms with Gasteiger partial charge in [0.05, 0.1) is 6.04 Å². The normalized spacial score (nSPS) is 12.3. The molecule has 1 heterocycles. The number of nitrogens with zero attached hydrogens (tertiary/aromatic N) is 2. The van der Waals surface area contributed by atoms with Crippen molar-refractivity contribution in [3.05, 3.63) is 48.5 Å². The fourth-order valence-corrected chi connectivity index (χ4v) is 1.86. The Morgan fingerprint density at radius 3 is 2.83 bits per heavy atom. The van der Waals surface area contributed by atoms with Crippen LogP contribution in [0, 0.1) is 0 Å². The molecule has 4 heteroatoms. The molecule has 0 bridgehead atoms. The molecule has 4 nitrogen and oxygen atoms in total. The van der Waals surface area contributed by atoms with Crippen molar-refractivity contribution in [2.75, 3.05) is 6.61 Å². The molecule has 1 aromatic carbocycles. The molecule has 1 aromatic heterocycles. The minimum atomic E-state index is -0.202. The molecule has 0 spiro atoms. The topological polar surface area (TPSA) is 53.1 Å². The second-order valence-corrected chi connectivity index (χ2v) is 4.21. The van der Waals surface area contributed by atoms with Gasteiger partial charge in [-0.05, 0) is 18.6 Å². The number of aryl methyl sites for hydroxylation is 1. The molecule has 0 amide bonds. The smallest absolute Gasteiger partial charge is 0.129 e. The van der Waals surface area contributed by atoms with Crippen LogP contribution in [-0.2, 0) is 6.54 Å². The molecular formula is C14H19N3O. The summed E-state index contributed by atoms with van der Waals surface area (Å²) >= 11 is 0. The zero-order valence-electron chi connectivity index (χ0n) is 10.6. The number of benzene rings is 1. The van der Waals surface area contributed by atoms with Gasteiger partial charge in [-0.2, -0.15) is 0 Å². The molecule has 0 saturated carbocycles. The highest BCUT2D eigenvalue weighted by Crippen LogP contribution is 2.13. The minimum Gasteiger partial charge on any atom is -0.491 e. The third-order valence-corrected chi connectivity index (χ3v) is 2.72. The van der Waals surface area contributed by atoms with Gasteiger partial charge in [0.2, 0.25) is 0 Å². The monoisotopic (exact) mass is 245 g/mol. The van der Waals surface area contributed by atoms with Crippen molar-refractivity contribution < 1.29 is 4.74 Å². The third-order valence-electron chi connectivity index (χ3n) is 2.72. The molecule has 0 aliphatic carbocycles. The Bertz CT molecular complexity index is 467. The first-order chi connectivity index (χ1) is 8.81. The number of imidazole rings is 1. The second-order valence-electron chi connectivity index (χ2n) is 4.21. The SMILES string of the molecule is CCCn1ccnc1C(N)COc1ccccc1. The lowest BCUT2D eigenvalue weighted by Crippen LogP contribution is -2.23. The van der Waals surface area contributed by atoms with Gasteiger partial charge in [-0.25, -0.2) is 4.98 Å². The van der Waals surface area contributed by atoms with Gasteiger partial charge in [0.1, 0.15) is 18.2 Å². The molecule has 2 N–H and O–H groups in total. The Kier molecular flexibility index (Phi) is 4.36. The largest absolute Gasteiger partial charge is 0.491 e. The summed E-state index contributed by atoms with van der Waals surface area (Å²) < 4.78 is 7.73. The Balaban J connectivity index is 1.95. The number of aromatic nitrogens is 2. The van der Waals surface area contributed by atoms with Gasteiger partial charge < -0.3 is 15.0 Å². The Hall–Kier alpha value is -1.81. The number of para-hydroxylation sites is 1. The van der Waals surface area contributed by atoms with E-state index < -0.39 is 0 Å². The maximum atomic E-state index is 6.11. The van der Waals surface area contributed by atoms with Crippen LogP contribution in [0.25, 0.3) is 0 Å². The Morgan fingerprint density at radius 1 is 1.33 bits per heavy atom. The molecular weight excluding hydrogens is 226 g/mol. The van der Waals surface area contributed by atoms with E-state index in [9.17, 15) is 0 Å². The summed E-state index contributed by atoms with van der Waals surface area (Å²) in [6.07, 6.45) is 4.81. The van der Waals surface area contributed by atoms with Crippen LogP contribution in [0.3, 0.4) is 0 Å². The standard InChI is InChI=1S/C14H19N3O/c1-2-9-17-10-8-16-14(17)13(15)11-18-12-6-4-3-5-7-12/h3-8,10,13H,2,9,11,15H2,1H3. The molecule has 1 atom stereocenters. The van der Waals surface area contributed by atoms with Gasteiger partial charge in [-0.3, -0.25) is 0 Å². The van der Waals surface area contributed by atoms with Crippen molar-refractivity contribution in [1.29, 1.82) is 0 Å². The van der Waals surface area contributed by atoms with Crippen LogP contribution in [0.15, 0.2) is 42.7 Å². The first-order valence-electron chi connectivity index (χ1n) is 6.25. The van der Waals surface area contributed by atoms with Crippen LogP contribution in [-0.4, -0.2) is 16.2 Å². The van der Waals surface area contributed by atoms with E-state index in [1.54, 1.807) is 6.20 Å². The molecule has 18 heavy (non-hydrogen) atoms. The fourth-order valence-electron chi connectivity index (χ4n) is 1.86. The average molecular weight is 245 g/mol. The number of hydrogen-bond donors (Lipinski definition) is 1. The Morgan fingerprint density at radius 2 is 2.11 bits per heavy atom. The second kappa shape index (κ2) is 6.21. The average Bonchev–Trinajstić information content (AvgIpc) is 2.86. The number of ether oxygens (including phenoxy) is 1. The van der Waals surface area contributed by atoms with Crippen molar-refractivity contribution in [1.82, 2.24) is 9.55 Å². The lowest BCUT2D eigenvalue weighted by atomic mass is 10.3. The van der Waals surface area contributed by atoms with Crippen molar-refractivity contribution in [2.24, 2.45) is 5.73 Å². The maximum Gasteiger partial charge on any atom is 0.129 e. The fraction of sp³-hybridized carbons (Fsp3) is 0.357. The third kappa shape index (κ3) is 3.11. The molecule has 2 rings (SSSR count). The highest BCUT2D eigenvalue weighted by molar-refractivity contribution is 5.21. The Labute approximate surface area is 107 Å². The molecule has 96 valence electrons. The first-order valence-corrected chi connectivity index (χ1v) is 6.25. The van der Waals surface area contributed by atoms with Gasteiger partial charge in [-0.15, -0.1) is 0 Å². The summed E-state index contributed by atoms with van der Waals surface area (Å²) in [5.74, 6) is 1.72. The van der Waals surface area contributed by atoms with E-state index in [1.165, 1.54) is 0 Å². The van der Waals surface area contributed by atoms with Crippen molar-refractivity contribution >= 4 is 0 Å². The van der Waals surface area contributed by atoms with Crippen molar-refractivity contribution in [3.8, 4) is 5.75 Å². The highest BCUT2D eigenvalue weighted by atomic mass is 16.5. The van der Waals surface area contributed by atoms with Gasteiger partial charge in [0.25, 0.3) is 0 Å². The van der Waals surface area contributed by atoms with E-state index in [2.05, 4.69) is 16.5 Å². The van der Waals surface area contributed by atoms with E-state index in [0.717, 1.165) is 24.5 Å². The van der Waals surface area contributed by atoms with Gasteiger partial charge in [0.15, 0.2) is 0 Å². The molecule has 2 aromatic rings. The molecule has 0 fully saturated rings. The summed E-state index contributed by atoms with van der Waals surface area (Å²) in [6.45, 7) is 3.51. The lowest BCUT2D eigenvalue weighted by Gasteiger charge is -2.14. The summed E-state index contributed by atoms with van der Waals surface area (Å²) in [5, 5.41) is 0.